The average molecular weight is 383 g/mol. The van der Waals surface area contributed by atoms with Crippen LogP contribution in [0.1, 0.15) is 19.8 Å². The Bertz CT molecular complexity index is 981. The third-order valence-electron chi connectivity index (χ3n) is 4.29. The van der Waals surface area contributed by atoms with E-state index < -0.39 is 4.33 Å². The lowest BCUT2D eigenvalue weighted by atomic mass is 10.2. The van der Waals surface area contributed by atoms with Crippen LogP contribution in [0.25, 0.3) is 16.7 Å². The molecule has 3 aromatic rings. The highest BCUT2D eigenvalue weighted by molar-refractivity contribution is 7.99. The minimum atomic E-state index is -0.597. The predicted octanol–water partition coefficient (Wildman–Crippen LogP) is 3.74. The first-order valence-corrected chi connectivity index (χ1v) is 9.64. The summed E-state index contributed by atoms with van der Waals surface area (Å²) in [5.74, 6) is 1.64. The Morgan fingerprint density at radius 2 is 2.08 bits per heavy atom. The van der Waals surface area contributed by atoms with Crippen molar-refractivity contribution in [2.24, 2.45) is 5.92 Å². The van der Waals surface area contributed by atoms with E-state index in [0.29, 0.717) is 17.7 Å². The third kappa shape index (κ3) is 2.61. The molecule has 0 aliphatic heterocycles. The molecule has 1 aromatic carbocycles. The molecule has 2 aromatic heterocycles. The number of aryl methyl sites for hydroxylation is 1. The van der Waals surface area contributed by atoms with Gasteiger partial charge in [-0.3, -0.25) is 13.8 Å². The van der Waals surface area contributed by atoms with Crippen molar-refractivity contribution >= 4 is 51.6 Å². The van der Waals surface area contributed by atoms with Gasteiger partial charge in [-0.2, -0.15) is 0 Å². The molecule has 0 amide bonds. The van der Waals surface area contributed by atoms with Crippen molar-refractivity contribution in [1.29, 1.82) is 0 Å². The van der Waals surface area contributed by atoms with Gasteiger partial charge in [-0.15, -0.1) is 33.4 Å². The average Bonchev–Trinajstić information content (AvgIpc) is 2.99. The van der Waals surface area contributed by atoms with E-state index in [-0.39, 0.29) is 11.5 Å². The number of hydrogen-bond acceptors (Lipinski definition) is 4. The minimum Gasteiger partial charge on any atom is -0.276 e. The summed E-state index contributed by atoms with van der Waals surface area (Å²) in [4.78, 5) is 12.7. The van der Waals surface area contributed by atoms with E-state index in [1.54, 1.807) is 16.3 Å². The van der Waals surface area contributed by atoms with Crippen LogP contribution in [0.15, 0.2) is 34.2 Å². The number of aromatic nitrogens is 4. The second kappa shape index (κ2) is 5.93. The zero-order valence-electron chi connectivity index (χ0n) is 13.1. The van der Waals surface area contributed by atoms with Crippen LogP contribution in [-0.2, 0) is 6.54 Å². The van der Waals surface area contributed by atoms with Gasteiger partial charge >= 0.3 is 0 Å². The standard InChI is InChI=1S/C16H16Cl2N4OS/c1-2-7-21-13(23)11-5-3-4-6-12(11)22-14(21)19-20-15(22)24-9-10-8-16(10,17)18/h3-6,10H,2,7-9H2,1H3. The maximum Gasteiger partial charge on any atom is 0.262 e. The summed E-state index contributed by atoms with van der Waals surface area (Å²) in [7, 11) is 0. The number of hydrogen-bond donors (Lipinski definition) is 0. The third-order valence-corrected chi connectivity index (χ3v) is 6.31. The van der Waals surface area contributed by atoms with E-state index in [4.69, 9.17) is 23.2 Å². The predicted molar refractivity (Wildman–Crippen MR) is 98.3 cm³/mol. The SMILES string of the molecule is CCCn1c(=O)c2ccccc2n2c(SCC3CC3(Cl)Cl)nnc12. The van der Waals surface area contributed by atoms with Crippen molar-refractivity contribution in [3.8, 4) is 0 Å². The molecule has 1 unspecified atom stereocenters. The topological polar surface area (TPSA) is 52.2 Å². The van der Waals surface area contributed by atoms with E-state index in [1.165, 1.54) is 0 Å². The molecule has 0 N–H and O–H groups in total. The number of thioether (sulfide) groups is 1. The molecule has 0 spiro atoms. The van der Waals surface area contributed by atoms with Crippen molar-refractivity contribution in [2.75, 3.05) is 5.75 Å². The first-order valence-electron chi connectivity index (χ1n) is 7.90. The van der Waals surface area contributed by atoms with Crippen LogP contribution in [0.2, 0.25) is 0 Å². The van der Waals surface area contributed by atoms with Crippen LogP contribution < -0.4 is 5.56 Å². The molecule has 24 heavy (non-hydrogen) atoms. The van der Waals surface area contributed by atoms with E-state index >= 15 is 0 Å². The van der Waals surface area contributed by atoms with Gasteiger partial charge in [0.15, 0.2) is 5.16 Å². The van der Waals surface area contributed by atoms with Crippen LogP contribution in [0, 0.1) is 5.92 Å². The Morgan fingerprint density at radius 1 is 1.33 bits per heavy atom. The summed E-state index contributed by atoms with van der Waals surface area (Å²) in [5, 5.41) is 10.0. The largest absolute Gasteiger partial charge is 0.276 e. The lowest BCUT2D eigenvalue weighted by Crippen LogP contribution is -2.23. The van der Waals surface area contributed by atoms with Gasteiger partial charge < -0.3 is 0 Å². The van der Waals surface area contributed by atoms with Crippen molar-refractivity contribution in [3.63, 3.8) is 0 Å². The Morgan fingerprint density at radius 3 is 2.79 bits per heavy atom. The van der Waals surface area contributed by atoms with E-state index in [0.717, 1.165) is 29.3 Å². The number of halogens is 2. The number of benzene rings is 1. The zero-order valence-corrected chi connectivity index (χ0v) is 15.4. The fraction of sp³-hybridized carbons (Fsp3) is 0.438. The monoisotopic (exact) mass is 382 g/mol. The molecule has 0 radical (unpaired) electrons. The molecule has 5 nitrogen and oxygen atoms in total. The second-order valence-corrected chi connectivity index (χ2v) is 8.59. The maximum absolute atomic E-state index is 12.7. The summed E-state index contributed by atoms with van der Waals surface area (Å²) < 4.78 is 3.06. The first kappa shape index (κ1) is 16.2. The highest BCUT2D eigenvalue weighted by Crippen LogP contribution is 2.54. The van der Waals surface area contributed by atoms with Gasteiger partial charge in [-0.05, 0) is 25.0 Å². The lowest BCUT2D eigenvalue weighted by Gasteiger charge is -2.10. The van der Waals surface area contributed by atoms with Crippen LogP contribution >= 0.6 is 35.0 Å². The molecule has 8 heteroatoms. The molecule has 0 bridgehead atoms. The Hall–Kier alpha value is -1.24. The van der Waals surface area contributed by atoms with Crippen LogP contribution in [0.4, 0.5) is 0 Å². The molecule has 1 aliphatic rings. The first-order chi connectivity index (χ1) is 11.5. The van der Waals surface area contributed by atoms with Crippen LogP contribution in [0.3, 0.4) is 0 Å². The van der Waals surface area contributed by atoms with Gasteiger partial charge in [0, 0.05) is 18.2 Å². The van der Waals surface area contributed by atoms with Gasteiger partial charge in [0.05, 0.1) is 10.9 Å². The van der Waals surface area contributed by atoms with Gasteiger partial charge in [0.2, 0.25) is 5.78 Å². The molecular formula is C16H16Cl2N4OS. The van der Waals surface area contributed by atoms with Crippen LogP contribution in [0.5, 0.6) is 0 Å². The number of nitrogens with zero attached hydrogens (tertiary/aromatic N) is 4. The number of fused-ring (bicyclic) bond motifs is 3. The maximum atomic E-state index is 12.7. The molecule has 2 heterocycles. The number of rotatable bonds is 5. The normalized spacial score (nSPS) is 19.2. The molecule has 1 aliphatic carbocycles. The molecule has 126 valence electrons. The fourth-order valence-electron chi connectivity index (χ4n) is 2.88. The van der Waals surface area contributed by atoms with E-state index in [2.05, 4.69) is 10.2 Å². The van der Waals surface area contributed by atoms with E-state index in [9.17, 15) is 4.79 Å². The molecule has 0 saturated heterocycles. The summed E-state index contributed by atoms with van der Waals surface area (Å²) in [6.45, 7) is 2.66. The number of alkyl halides is 2. The van der Waals surface area contributed by atoms with Gasteiger partial charge in [-0.1, -0.05) is 30.8 Å². The second-order valence-electron chi connectivity index (χ2n) is 6.07. The van der Waals surface area contributed by atoms with Gasteiger partial charge in [0.1, 0.15) is 4.33 Å². The summed E-state index contributed by atoms with van der Waals surface area (Å²) in [5.41, 5.74) is 0.808. The molecule has 4 rings (SSSR count). The van der Waals surface area contributed by atoms with Crippen molar-refractivity contribution in [3.05, 3.63) is 34.6 Å². The molecule has 1 atom stereocenters. The Kier molecular flexibility index (Phi) is 4.01. The summed E-state index contributed by atoms with van der Waals surface area (Å²) in [6, 6.07) is 7.57. The van der Waals surface area contributed by atoms with Crippen molar-refractivity contribution in [1.82, 2.24) is 19.2 Å². The van der Waals surface area contributed by atoms with Gasteiger partial charge in [-0.25, -0.2) is 0 Å². The number of para-hydroxylation sites is 1. The molecule has 1 saturated carbocycles. The van der Waals surface area contributed by atoms with Crippen molar-refractivity contribution in [2.45, 2.75) is 35.8 Å². The highest BCUT2D eigenvalue weighted by atomic mass is 35.5. The fourth-order valence-corrected chi connectivity index (χ4v) is 4.75. The quantitative estimate of drug-likeness (QED) is 0.498. The van der Waals surface area contributed by atoms with Gasteiger partial charge in [0.25, 0.3) is 5.56 Å². The highest BCUT2D eigenvalue weighted by Gasteiger charge is 2.51. The smallest absolute Gasteiger partial charge is 0.262 e. The summed E-state index contributed by atoms with van der Waals surface area (Å²) in [6.07, 6.45) is 1.66. The molecule has 1 fully saturated rings. The molecular weight excluding hydrogens is 367 g/mol. The Labute approximate surface area is 153 Å². The van der Waals surface area contributed by atoms with Crippen molar-refractivity contribution < 1.29 is 0 Å². The van der Waals surface area contributed by atoms with Crippen LogP contribution in [-0.4, -0.2) is 29.3 Å². The Balaban J connectivity index is 1.85. The summed E-state index contributed by atoms with van der Waals surface area (Å²) >= 11 is 13.8. The zero-order chi connectivity index (χ0) is 16.9. The van der Waals surface area contributed by atoms with E-state index in [1.807, 2.05) is 35.6 Å². The lowest BCUT2D eigenvalue weighted by molar-refractivity contribution is 0.662. The minimum absolute atomic E-state index is 0.0216.